The van der Waals surface area contributed by atoms with Gasteiger partial charge in [-0.05, 0) is 32.2 Å². The fraction of sp³-hybridized carbons (Fsp3) is 0.727. The van der Waals surface area contributed by atoms with Crippen molar-refractivity contribution in [1.29, 1.82) is 0 Å². The number of aromatic nitrogens is 2. The molecule has 78 valence electrons. The molecule has 0 aromatic carbocycles. The van der Waals surface area contributed by atoms with Crippen molar-refractivity contribution in [3.05, 3.63) is 18.0 Å². The summed E-state index contributed by atoms with van der Waals surface area (Å²) in [5.41, 5.74) is 1.29. The second kappa shape index (κ2) is 4.13. The summed E-state index contributed by atoms with van der Waals surface area (Å²) in [6, 6.07) is 0.588. The summed E-state index contributed by atoms with van der Waals surface area (Å²) in [6.45, 7) is 6.34. The molecule has 1 aliphatic carbocycles. The largest absolute Gasteiger partial charge is 0.313 e. The van der Waals surface area contributed by atoms with Gasteiger partial charge in [-0.25, -0.2) is 0 Å². The van der Waals surface area contributed by atoms with Gasteiger partial charge in [0, 0.05) is 18.3 Å². The van der Waals surface area contributed by atoms with Crippen LogP contribution in [-0.2, 0) is 6.54 Å². The van der Waals surface area contributed by atoms with Gasteiger partial charge >= 0.3 is 0 Å². The summed E-state index contributed by atoms with van der Waals surface area (Å²) in [4.78, 5) is 0. The fourth-order valence-electron chi connectivity index (χ4n) is 1.76. The lowest BCUT2D eigenvalue weighted by molar-refractivity contribution is 0.439. The summed E-state index contributed by atoms with van der Waals surface area (Å²) in [7, 11) is 0. The standard InChI is InChI=1S/C11H19N3/c1-3-12-6-10-7-13-14(8-10)9(2)11-4-5-11/h7-9,11-12H,3-6H2,1-2H3. The molecule has 0 aliphatic heterocycles. The third kappa shape index (κ3) is 2.15. The molecule has 0 spiro atoms. The average Bonchev–Trinajstić information content (AvgIpc) is 2.94. The highest BCUT2D eigenvalue weighted by atomic mass is 15.3. The van der Waals surface area contributed by atoms with Crippen molar-refractivity contribution in [3.63, 3.8) is 0 Å². The first kappa shape index (κ1) is 9.71. The van der Waals surface area contributed by atoms with Gasteiger partial charge in [0.1, 0.15) is 0 Å². The zero-order valence-corrected chi connectivity index (χ0v) is 9.03. The predicted molar refractivity (Wildman–Crippen MR) is 57.0 cm³/mol. The van der Waals surface area contributed by atoms with Crippen LogP contribution >= 0.6 is 0 Å². The highest BCUT2D eigenvalue weighted by Gasteiger charge is 2.29. The van der Waals surface area contributed by atoms with E-state index in [1.54, 1.807) is 0 Å². The van der Waals surface area contributed by atoms with Gasteiger partial charge < -0.3 is 5.32 Å². The molecule has 1 N–H and O–H groups in total. The zero-order valence-electron chi connectivity index (χ0n) is 9.03. The Morgan fingerprint density at radius 1 is 1.64 bits per heavy atom. The van der Waals surface area contributed by atoms with E-state index >= 15 is 0 Å². The van der Waals surface area contributed by atoms with E-state index in [2.05, 4.69) is 35.1 Å². The lowest BCUT2D eigenvalue weighted by atomic mass is 10.2. The van der Waals surface area contributed by atoms with E-state index in [1.807, 2.05) is 6.20 Å². The summed E-state index contributed by atoms with van der Waals surface area (Å²) in [5.74, 6) is 0.877. The molecule has 1 aromatic rings. The van der Waals surface area contributed by atoms with Crippen LogP contribution < -0.4 is 5.32 Å². The van der Waals surface area contributed by atoms with Crippen LogP contribution in [0.15, 0.2) is 12.4 Å². The number of nitrogens with zero attached hydrogens (tertiary/aromatic N) is 2. The second-order valence-corrected chi connectivity index (χ2v) is 4.19. The van der Waals surface area contributed by atoms with Crippen LogP contribution in [0.5, 0.6) is 0 Å². The van der Waals surface area contributed by atoms with Crippen LogP contribution in [-0.4, -0.2) is 16.3 Å². The van der Waals surface area contributed by atoms with Crippen LogP contribution in [0.2, 0.25) is 0 Å². The van der Waals surface area contributed by atoms with Gasteiger partial charge in [-0.15, -0.1) is 0 Å². The maximum absolute atomic E-state index is 4.41. The second-order valence-electron chi connectivity index (χ2n) is 4.19. The van der Waals surface area contributed by atoms with Gasteiger partial charge in [0.2, 0.25) is 0 Å². The molecular weight excluding hydrogens is 174 g/mol. The Balaban J connectivity index is 1.94. The molecule has 0 bridgehead atoms. The molecule has 2 rings (SSSR count). The van der Waals surface area contributed by atoms with Crippen LogP contribution in [0, 0.1) is 5.92 Å². The van der Waals surface area contributed by atoms with Crippen LogP contribution in [0.25, 0.3) is 0 Å². The highest BCUT2D eigenvalue weighted by molar-refractivity contribution is 5.04. The van der Waals surface area contributed by atoms with E-state index in [0.29, 0.717) is 6.04 Å². The first-order valence-corrected chi connectivity index (χ1v) is 5.55. The molecule has 1 unspecified atom stereocenters. The van der Waals surface area contributed by atoms with Crippen LogP contribution in [0.1, 0.15) is 38.3 Å². The van der Waals surface area contributed by atoms with Gasteiger partial charge in [0.05, 0.1) is 12.2 Å². The number of hydrogen-bond acceptors (Lipinski definition) is 2. The normalized spacial score (nSPS) is 18.4. The summed E-state index contributed by atoms with van der Waals surface area (Å²) in [5, 5.41) is 7.72. The van der Waals surface area contributed by atoms with Gasteiger partial charge in [0.25, 0.3) is 0 Å². The summed E-state index contributed by atoms with van der Waals surface area (Å²) in [6.07, 6.45) is 6.90. The molecule has 0 saturated heterocycles. The quantitative estimate of drug-likeness (QED) is 0.774. The average molecular weight is 193 g/mol. The minimum Gasteiger partial charge on any atom is -0.313 e. The minimum absolute atomic E-state index is 0.588. The molecule has 0 amide bonds. The lowest BCUT2D eigenvalue weighted by Crippen LogP contribution is -2.11. The van der Waals surface area contributed by atoms with Crippen molar-refractivity contribution in [3.8, 4) is 0 Å². The lowest BCUT2D eigenvalue weighted by Gasteiger charge is -2.09. The third-order valence-corrected chi connectivity index (χ3v) is 2.96. The summed E-state index contributed by atoms with van der Waals surface area (Å²) >= 11 is 0. The Bertz CT molecular complexity index is 288. The SMILES string of the molecule is CCNCc1cnn(C(C)C2CC2)c1. The maximum Gasteiger partial charge on any atom is 0.0534 e. The fourth-order valence-corrected chi connectivity index (χ4v) is 1.76. The number of rotatable bonds is 5. The van der Waals surface area contributed by atoms with E-state index in [0.717, 1.165) is 19.0 Å². The smallest absolute Gasteiger partial charge is 0.0534 e. The van der Waals surface area contributed by atoms with Crippen molar-refractivity contribution in [2.45, 2.75) is 39.3 Å². The first-order chi connectivity index (χ1) is 6.81. The Labute approximate surface area is 85.5 Å². The van der Waals surface area contributed by atoms with Crippen molar-refractivity contribution in [1.82, 2.24) is 15.1 Å². The molecule has 1 heterocycles. The van der Waals surface area contributed by atoms with Crippen LogP contribution in [0.3, 0.4) is 0 Å². The molecule has 1 atom stereocenters. The van der Waals surface area contributed by atoms with Crippen molar-refractivity contribution in [2.24, 2.45) is 5.92 Å². The molecule has 3 heteroatoms. The van der Waals surface area contributed by atoms with E-state index in [9.17, 15) is 0 Å². The maximum atomic E-state index is 4.41. The van der Waals surface area contributed by atoms with Crippen LogP contribution in [0.4, 0.5) is 0 Å². The Kier molecular flexibility index (Phi) is 2.87. The molecule has 3 nitrogen and oxygen atoms in total. The highest BCUT2D eigenvalue weighted by Crippen LogP contribution is 2.38. The molecule has 14 heavy (non-hydrogen) atoms. The van der Waals surface area contributed by atoms with Crippen molar-refractivity contribution in [2.75, 3.05) is 6.54 Å². The van der Waals surface area contributed by atoms with Gasteiger partial charge in [-0.1, -0.05) is 6.92 Å². The van der Waals surface area contributed by atoms with Gasteiger partial charge in [-0.3, -0.25) is 4.68 Å². The monoisotopic (exact) mass is 193 g/mol. The molecule has 0 radical (unpaired) electrons. The Hall–Kier alpha value is -0.830. The molecule has 1 aliphatic rings. The molecular formula is C11H19N3. The summed E-state index contributed by atoms with van der Waals surface area (Å²) < 4.78 is 2.12. The molecule has 1 saturated carbocycles. The van der Waals surface area contributed by atoms with E-state index in [1.165, 1.54) is 18.4 Å². The van der Waals surface area contributed by atoms with Crippen molar-refractivity contribution < 1.29 is 0 Å². The van der Waals surface area contributed by atoms with Crippen molar-refractivity contribution >= 4 is 0 Å². The minimum atomic E-state index is 0.588. The zero-order chi connectivity index (χ0) is 9.97. The topological polar surface area (TPSA) is 29.9 Å². The van der Waals surface area contributed by atoms with E-state index < -0.39 is 0 Å². The Morgan fingerprint density at radius 3 is 3.07 bits per heavy atom. The predicted octanol–water partition coefficient (Wildman–Crippen LogP) is 1.96. The number of nitrogens with one attached hydrogen (secondary N) is 1. The number of hydrogen-bond donors (Lipinski definition) is 1. The molecule has 1 aromatic heterocycles. The third-order valence-electron chi connectivity index (χ3n) is 2.96. The van der Waals surface area contributed by atoms with E-state index in [-0.39, 0.29) is 0 Å². The van der Waals surface area contributed by atoms with Gasteiger partial charge in [-0.2, -0.15) is 5.10 Å². The Morgan fingerprint density at radius 2 is 2.43 bits per heavy atom. The first-order valence-electron chi connectivity index (χ1n) is 5.55. The molecule has 1 fully saturated rings. The van der Waals surface area contributed by atoms with E-state index in [4.69, 9.17) is 0 Å². The van der Waals surface area contributed by atoms with Gasteiger partial charge in [0.15, 0.2) is 0 Å².